The Hall–Kier alpha value is -2.19. The van der Waals surface area contributed by atoms with E-state index in [1.165, 1.54) is 12.1 Å². The molecule has 1 saturated heterocycles. The Bertz CT molecular complexity index is 1270. The average Bonchev–Trinajstić information content (AvgIpc) is 3.22. The van der Waals surface area contributed by atoms with Crippen molar-refractivity contribution >= 4 is 40.7 Å². The highest BCUT2D eigenvalue weighted by Crippen LogP contribution is 2.57. The van der Waals surface area contributed by atoms with Crippen LogP contribution in [0.4, 0.5) is 10.1 Å². The minimum atomic E-state index is -1.29. The monoisotopic (exact) mass is 547 g/mol. The highest BCUT2D eigenvalue weighted by Gasteiger charge is 2.66. The van der Waals surface area contributed by atoms with Crippen molar-refractivity contribution in [2.45, 2.75) is 82.0 Å². The maximum Gasteiger partial charge on any atom is 0.238 e. The third kappa shape index (κ3) is 4.54. The Morgan fingerprint density at radius 1 is 1.22 bits per heavy atom. The molecule has 1 unspecified atom stereocenters. The van der Waals surface area contributed by atoms with Crippen molar-refractivity contribution in [1.29, 1.82) is 0 Å². The van der Waals surface area contributed by atoms with Gasteiger partial charge >= 0.3 is 0 Å². The molecule has 0 radical (unpaired) electrons. The smallest absolute Gasteiger partial charge is 0.238 e. The molecule has 2 fully saturated rings. The summed E-state index contributed by atoms with van der Waals surface area (Å²) in [5.74, 6) is -1.88. The molecule has 9 heteroatoms. The van der Waals surface area contributed by atoms with Crippen molar-refractivity contribution in [2.75, 3.05) is 5.32 Å². The number of benzene rings is 2. The van der Waals surface area contributed by atoms with E-state index in [0.717, 1.165) is 0 Å². The minimum absolute atomic E-state index is 0.0833. The van der Waals surface area contributed by atoms with Crippen LogP contribution in [-0.4, -0.2) is 40.6 Å². The number of fused-ring (bicyclic) bond motifs is 2. The lowest BCUT2D eigenvalue weighted by molar-refractivity contribution is -0.127. The number of nitrogens with one attached hydrogen (secondary N) is 3. The van der Waals surface area contributed by atoms with E-state index in [1.54, 1.807) is 25.1 Å². The minimum Gasteiger partial charge on any atom is -0.390 e. The number of hydrogen-bond acceptors (Lipinski definition) is 4. The Balaban J connectivity index is 1.68. The second-order valence-electron chi connectivity index (χ2n) is 12.2. The van der Waals surface area contributed by atoms with E-state index >= 15 is 0 Å². The van der Waals surface area contributed by atoms with E-state index in [-0.39, 0.29) is 28.3 Å². The van der Waals surface area contributed by atoms with Crippen molar-refractivity contribution in [1.82, 2.24) is 10.6 Å². The van der Waals surface area contributed by atoms with Gasteiger partial charge in [-0.1, -0.05) is 56.1 Å². The first-order chi connectivity index (χ1) is 17.2. The number of carbonyl (C=O) groups excluding carboxylic acids is 2. The molecule has 4 atom stereocenters. The predicted octanol–water partition coefficient (Wildman–Crippen LogP) is 4.91. The van der Waals surface area contributed by atoms with Crippen LogP contribution in [-0.2, 0) is 15.0 Å². The SMILES string of the molecule is CC(C)(C)C[C@H]1N[C@@H](C(=O)NC2CC(C)(O)C2)C(c2cccc(Cl)c2)[C@@]12C(=O)Nc1cc(Cl)c(F)cc12. The molecular weight excluding hydrogens is 516 g/mol. The molecule has 2 amide bonds. The molecule has 6 nitrogen and oxygen atoms in total. The fourth-order valence-corrected chi connectivity index (χ4v) is 6.89. The molecule has 0 bridgehead atoms. The van der Waals surface area contributed by atoms with Crippen molar-refractivity contribution in [3.63, 3.8) is 0 Å². The van der Waals surface area contributed by atoms with Crippen molar-refractivity contribution in [3.05, 3.63) is 63.4 Å². The molecule has 198 valence electrons. The summed E-state index contributed by atoms with van der Waals surface area (Å²) in [5.41, 5.74) is -0.671. The topological polar surface area (TPSA) is 90.5 Å². The lowest BCUT2D eigenvalue weighted by Crippen LogP contribution is -2.57. The van der Waals surface area contributed by atoms with Crippen LogP contribution in [0.3, 0.4) is 0 Å². The quantitative estimate of drug-likeness (QED) is 0.437. The van der Waals surface area contributed by atoms with Crippen LogP contribution >= 0.6 is 23.2 Å². The zero-order valence-electron chi connectivity index (χ0n) is 21.3. The second-order valence-corrected chi connectivity index (χ2v) is 13.1. The number of rotatable bonds is 4. The van der Waals surface area contributed by atoms with Gasteiger partial charge in [-0.15, -0.1) is 0 Å². The van der Waals surface area contributed by atoms with E-state index in [1.807, 2.05) is 6.07 Å². The number of halogens is 3. The molecule has 0 aromatic heterocycles. The number of hydrogen-bond donors (Lipinski definition) is 4. The molecule has 1 saturated carbocycles. The van der Waals surface area contributed by atoms with E-state index in [4.69, 9.17) is 23.2 Å². The summed E-state index contributed by atoms with van der Waals surface area (Å²) >= 11 is 12.5. The molecule has 2 heterocycles. The summed E-state index contributed by atoms with van der Waals surface area (Å²) in [6.45, 7) is 7.94. The van der Waals surface area contributed by atoms with Crippen LogP contribution in [0.1, 0.15) is 64.0 Å². The lowest BCUT2D eigenvalue weighted by atomic mass is 9.62. The van der Waals surface area contributed by atoms with E-state index < -0.39 is 34.8 Å². The average molecular weight is 548 g/mol. The summed E-state index contributed by atoms with van der Waals surface area (Å²) in [5, 5.41) is 20.0. The standard InChI is InChI=1S/C28H32Cl2FN3O3/c1-26(2,3)13-21-28(17-9-19(31)18(30)10-20(17)33-25(28)36)22(14-6-5-7-15(29)8-14)23(34-21)24(35)32-16-11-27(4,37)12-16/h5-10,16,21-23,34,37H,11-13H2,1-4H3,(H,32,35)(H,33,36)/t16?,21-,22?,23-,27?,28+/m1/s1. The van der Waals surface area contributed by atoms with Gasteiger partial charge in [0.25, 0.3) is 0 Å². The van der Waals surface area contributed by atoms with Gasteiger partial charge in [-0.05, 0) is 67.0 Å². The Morgan fingerprint density at radius 3 is 2.54 bits per heavy atom. The van der Waals surface area contributed by atoms with E-state index in [2.05, 4.69) is 36.7 Å². The van der Waals surface area contributed by atoms with Gasteiger partial charge in [-0.2, -0.15) is 0 Å². The molecule has 1 aliphatic carbocycles. The highest BCUT2D eigenvalue weighted by molar-refractivity contribution is 6.31. The van der Waals surface area contributed by atoms with Crippen LogP contribution in [0.2, 0.25) is 10.0 Å². The van der Waals surface area contributed by atoms with E-state index in [9.17, 15) is 19.1 Å². The number of carbonyl (C=O) groups is 2. The summed E-state index contributed by atoms with van der Waals surface area (Å²) < 4.78 is 14.9. The third-order valence-electron chi connectivity index (χ3n) is 7.91. The van der Waals surface area contributed by atoms with Crippen molar-refractivity contribution < 1.29 is 19.1 Å². The first-order valence-corrected chi connectivity index (χ1v) is 13.3. The first kappa shape index (κ1) is 26.4. The van der Waals surface area contributed by atoms with Gasteiger partial charge in [0, 0.05) is 28.7 Å². The summed E-state index contributed by atoms with van der Waals surface area (Å²) in [4.78, 5) is 27.9. The summed E-state index contributed by atoms with van der Waals surface area (Å²) in [7, 11) is 0. The van der Waals surface area contributed by atoms with Crippen molar-refractivity contribution in [3.8, 4) is 0 Å². The molecule has 5 rings (SSSR count). The zero-order valence-corrected chi connectivity index (χ0v) is 22.8. The molecular formula is C28H32Cl2FN3O3. The van der Waals surface area contributed by atoms with Gasteiger partial charge in [-0.25, -0.2) is 4.39 Å². The molecule has 1 spiro atoms. The second kappa shape index (κ2) is 8.94. The fourth-order valence-electron chi connectivity index (χ4n) is 6.53. The normalized spacial score (nSPS) is 32.7. The van der Waals surface area contributed by atoms with Gasteiger partial charge in [0.2, 0.25) is 11.8 Å². The van der Waals surface area contributed by atoms with Crippen LogP contribution < -0.4 is 16.0 Å². The largest absolute Gasteiger partial charge is 0.390 e. The Labute approximate surface area is 226 Å². The van der Waals surface area contributed by atoms with Gasteiger partial charge in [0.15, 0.2) is 0 Å². The molecule has 4 N–H and O–H groups in total. The van der Waals surface area contributed by atoms with Crippen LogP contribution in [0, 0.1) is 11.2 Å². The van der Waals surface area contributed by atoms with Gasteiger partial charge in [0.1, 0.15) is 11.2 Å². The molecule has 3 aliphatic rings. The predicted molar refractivity (Wildman–Crippen MR) is 142 cm³/mol. The zero-order chi connectivity index (χ0) is 26.9. The molecule has 2 aromatic rings. The van der Waals surface area contributed by atoms with Crippen molar-refractivity contribution in [2.24, 2.45) is 5.41 Å². The molecule has 37 heavy (non-hydrogen) atoms. The van der Waals surface area contributed by atoms with Gasteiger partial charge in [0.05, 0.1) is 16.7 Å². The van der Waals surface area contributed by atoms with Crippen LogP contribution in [0.25, 0.3) is 0 Å². The number of amides is 2. The van der Waals surface area contributed by atoms with Crippen LogP contribution in [0.15, 0.2) is 36.4 Å². The first-order valence-electron chi connectivity index (χ1n) is 12.6. The van der Waals surface area contributed by atoms with Gasteiger partial charge < -0.3 is 21.1 Å². The maximum atomic E-state index is 14.9. The lowest BCUT2D eigenvalue weighted by Gasteiger charge is -2.42. The third-order valence-corrected chi connectivity index (χ3v) is 8.43. The van der Waals surface area contributed by atoms with Crippen LogP contribution in [0.5, 0.6) is 0 Å². The Kier molecular flexibility index (Phi) is 6.38. The summed E-state index contributed by atoms with van der Waals surface area (Å²) in [6, 6.07) is 8.46. The fraction of sp³-hybridized carbons (Fsp3) is 0.500. The summed E-state index contributed by atoms with van der Waals surface area (Å²) in [6.07, 6.45) is 1.46. The highest BCUT2D eigenvalue weighted by atomic mass is 35.5. The molecule has 2 aliphatic heterocycles. The van der Waals surface area contributed by atoms with Gasteiger partial charge in [-0.3, -0.25) is 9.59 Å². The Morgan fingerprint density at radius 2 is 1.92 bits per heavy atom. The number of aliphatic hydroxyl groups is 1. The number of anilines is 1. The maximum absolute atomic E-state index is 14.9. The van der Waals surface area contributed by atoms with E-state index in [0.29, 0.717) is 41.1 Å². The molecule has 2 aromatic carbocycles.